The molecule has 17 heavy (non-hydrogen) atoms. The van der Waals surface area contributed by atoms with Gasteiger partial charge >= 0.3 is 0 Å². The molecule has 86 valence electrons. The number of rotatable bonds is 2. The minimum atomic E-state index is 0.799. The third kappa shape index (κ3) is 1.62. The molecule has 0 saturated heterocycles. The van der Waals surface area contributed by atoms with Gasteiger partial charge in [-0.1, -0.05) is 0 Å². The van der Waals surface area contributed by atoms with Crippen LogP contribution in [0.15, 0.2) is 30.6 Å². The molecule has 1 N–H and O–H groups in total. The molecule has 0 bridgehead atoms. The molecule has 0 aliphatic carbocycles. The number of hydrogen-bond acceptors (Lipinski definition) is 4. The summed E-state index contributed by atoms with van der Waals surface area (Å²) in [6.45, 7) is 0.939. The largest absolute Gasteiger partial charge is 0.494 e. The molecule has 1 aliphatic heterocycles. The lowest BCUT2D eigenvalue weighted by atomic mass is 10.0. The first kappa shape index (κ1) is 10.1. The Bertz CT molecular complexity index is 554. The molecular weight excluding hydrogens is 214 g/mol. The van der Waals surface area contributed by atoms with Gasteiger partial charge in [-0.15, -0.1) is 0 Å². The van der Waals surface area contributed by atoms with Crippen molar-refractivity contribution < 1.29 is 4.74 Å². The van der Waals surface area contributed by atoms with E-state index in [1.165, 1.54) is 5.56 Å². The van der Waals surface area contributed by atoms with Crippen LogP contribution in [-0.4, -0.2) is 23.6 Å². The maximum absolute atomic E-state index is 5.36. The van der Waals surface area contributed by atoms with Crippen LogP contribution < -0.4 is 10.1 Å². The number of pyridine rings is 2. The molecule has 3 rings (SSSR count). The Morgan fingerprint density at radius 2 is 2.18 bits per heavy atom. The molecule has 2 aromatic heterocycles. The summed E-state index contributed by atoms with van der Waals surface area (Å²) in [7, 11) is 1.67. The molecule has 0 radical (unpaired) electrons. The van der Waals surface area contributed by atoms with E-state index in [2.05, 4.69) is 15.3 Å². The molecule has 0 amide bonds. The van der Waals surface area contributed by atoms with Gasteiger partial charge in [0.15, 0.2) is 0 Å². The highest BCUT2D eigenvalue weighted by atomic mass is 16.5. The summed E-state index contributed by atoms with van der Waals surface area (Å²) < 4.78 is 5.36. The van der Waals surface area contributed by atoms with Crippen molar-refractivity contribution in [2.45, 2.75) is 6.42 Å². The zero-order valence-corrected chi connectivity index (χ0v) is 9.60. The summed E-state index contributed by atoms with van der Waals surface area (Å²) >= 11 is 0. The van der Waals surface area contributed by atoms with Crippen LogP contribution in [0.25, 0.3) is 11.3 Å². The zero-order valence-electron chi connectivity index (χ0n) is 9.60. The monoisotopic (exact) mass is 227 g/mol. The molecule has 3 heterocycles. The van der Waals surface area contributed by atoms with Crippen LogP contribution in [-0.2, 0) is 6.42 Å². The second-order valence-corrected chi connectivity index (χ2v) is 3.92. The topological polar surface area (TPSA) is 47.0 Å². The fraction of sp³-hybridized carbons (Fsp3) is 0.231. The van der Waals surface area contributed by atoms with Crippen molar-refractivity contribution in [3.05, 3.63) is 36.2 Å². The van der Waals surface area contributed by atoms with E-state index in [0.717, 1.165) is 35.8 Å². The molecule has 0 fully saturated rings. The van der Waals surface area contributed by atoms with Crippen LogP contribution in [0, 0.1) is 0 Å². The van der Waals surface area contributed by atoms with Crippen molar-refractivity contribution in [1.82, 2.24) is 9.97 Å². The summed E-state index contributed by atoms with van der Waals surface area (Å²) in [5, 5.41) is 3.27. The summed E-state index contributed by atoms with van der Waals surface area (Å²) in [5.41, 5.74) is 3.22. The molecule has 0 saturated carbocycles. The Hall–Kier alpha value is -2.10. The highest BCUT2D eigenvalue weighted by Gasteiger charge is 2.18. The third-order valence-electron chi connectivity index (χ3n) is 2.97. The van der Waals surface area contributed by atoms with E-state index >= 15 is 0 Å². The minimum absolute atomic E-state index is 0.799. The van der Waals surface area contributed by atoms with Crippen molar-refractivity contribution in [3.63, 3.8) is 0 Å². The first-order valence-electron chi connectivity index (χ1n) is 5.61. The van der Waals surface area contributed by atoms with Crippen molar-refractivity contribution in [1.29, 1.82) is 0 Å². The number of ether oxygens (including phenoxy) is 1. The maximum atomic E-state index is 5.36. The molecule has 0 atom stereocenters. The Balaban J connectivity index is 2.19. The highest BCUT2D eigenvalue weighted by Crippen LogP contribution is 2.34. The molecule has 0 spiro atoms. The average molecular weight is 227 g/mol. The van der Waals surface area contributed by atoms with Gasteiger partial charge in [0.05, 0.1) is 7.11 Å². The number of anilines is 1. The maximum Gasteiger partial charge on any atom is 0.145 e. The lowest BCUT2D eigenvalue weighted by Gasteiger charge is -2.10. The van der Waals surface area contributed by atoms with Crippen LogP contribution in [0.1, 0.15) is 5.56 Å². The van der Waals surface area contributed by atoms with Gasteiger partial charge in [0.1, 0.15) is 17.3 Å². The fourth-order valence-electron chi connectivity index (χ4n) is 2.18. The second-order valence-electron chi connectivity index (χ2n) is 3.92. The van der Waals surface area contributed by atoms with E-state index < -0.39 is 0 Å². The predicted octanol–water partition coefficient (Wildman–Crippen LogP) is 2.12. The smallest absolute Gasteiger partial charge is 0.145 e. The summed E-state index contributed by atoms with van der Waals surface area (Å²) in [4.78, 5) is 8.74. The van der Waals surface area contributed by atoms with Crippen molar-refractivity contribution >= 4 is 5.82 Å². The summed E-state index contributed by atoms with van der Waals surface area (Å²) in [5.74, 6) is 1.77. The SMILES string of the molecule is COc1cccnc1-c1ccnc2c1CCN2. The van der Waals surface area contributed by atoms with E-state index in [1.54, 1.807) is 19.5 Å². The zero-order chi connectivity index (χ0) is 11.7. The molecular formula is C13H13N3O. The van der Waals surface area contributed by atoms with Crippen molar-refractivity contribution in [2.75, 3.05) is 19.0 Å². The van der Waals surface area contributed by atoms with Gasteiger partial charge in [-0.05, 0) is 24.6 Å². The van der Waals surface area contributed by atoms with Crippen LogP contribution in [0.3, 0.4) is 0 Å². The van der Waals surface area contributed by atoms with Gasteiger partial charge in [-0.3, -0.25) is 4.98 Å². The van der Waals surface area contributed by atoms with E-state index in [1.807, 2.05) is 18.2 Å². The molecule has 4 nitrogen and oxygen atoms in total. The minimum Gasteiger partial charge on any atom is -0.494 e. The van der Waals surface area contributed by atoms with Crippen LogP contribution in [0.2, 0.25) is 0 Å². The molecule has 4 heteroatoms. The number of nitrogens with one attached hydrogen (secondary N) is 1. The van der Waals surface area contributed by atoms with Crippen LogP contribution >= 0.6 is 0 Å². The standard InChI is InChI=1S/C13H13N3O/c1-17-11-3-2-6-14-12(11)9-4-7-15-13-10(9)5-8-16-13/h2-4,6-7H,5,8H2,1H3,(H,15,16). The number of nitrogens with zero attached hydrogens (tertiary/aromatic N) is 2. The Morgan fingerprint density at radius 1 is 1.24 bits per heavy atom. The number of aromatic nitrogens is 2. The van der Waals surface area contributed by atoms with E-state index in [9.17, 15) is 0 Å². The van der Waals surface area contributed by atoms with Crippen LogP contribution in [0.5, 0.6) is 5.75 Å². The second kappa shape index (κ2) is 4.05. The predicted molar refractivity (Wildman–Crippen MR) is 66.2 cm³/mol. The van der Waals surface area contributed by atoms with Gasteiger partial charge < -0.3 is 10.1 Å². The van der Waals surface area contributed by atoms with Crippen molar-refractivity contribution in [2.24, 2.45) is 0 Å². The quantitative estimate of drug-likeness (QED) is 0.853. The highest BCUT2D eigenvalue weighted by molar-refractivity contribution is 5.74. The van der Waals surface area contributed by atoms with E-state index in [-0.39, 0.29) is 0 Å². The fourth-order valence-corrected chi connectivity index (χ4v) is 2.18. The molecule has 1 aliphatic rings. The first-order valence-corrected chi connectivity index (χ1v) is 5.61. The summed E-state index contributed by atoms with van der Waals surface area (Å²) in [6, 6.07) is 5.80. The Labute approximate surface area is 99.7 Å². The van der Waals surface area contributed by atoms with Crippen molar-refractivity contribution in [3.8, 4) is 17.0 Å². The molecule has 2 aromatic rings. The Kier molecular flexibility index (Phi) is 2.40. The summed E-state index contributed by atoms with van der Waals surface area (Å²) in [6.07, 6.45) is 4.58. The number of hydrogen-bond donors (Lipinski definition) is 1. The van der Waals surface area contributed by atoms with E-state index in [4.69, 9.17) is 4.74 Å². The molecule has 0 aromatic carbocycles. The first-order chi connectivity index (χ1) is 8.40. The van der Waals surface area contributed by atoms with Gasteiger partial charge in [-0.2, -0.15) is 0 Å². The van der Waals surface area contributed by atoms with Gasteiger partial charge in [-0.25, -0.2) is 4.98 Å². The van der Waals surface area contributed by atoms with Gasteiger partial charge in [0.2, 0.25) is 0 Å². The van der Waals surface area contributed by atoms with Gasteiger partial charge in [0, 0.05) is 30.1 Å². The average Bonchev–Trinajstić information content (AvgIpc) is 2.86. The normalized spacial score (nSPS) is 13.0. The third-order valence-corrected chi connectivity index (χ3v) is 2.97. The van der Waals surface area contributed by atoms with E-state index in [0.29, 0.717) is 0 Å². The lowest BCUT2D eigenvalue weighted by molar-refractivity contribution is 0.415. The molecule has 0 unspecified atom stereocenters. The number of fused-ring (bicyclic) bond motifs is 1. The lowest BCUT2D eigenvalue weighted by Crippen LogP contribution is -1.95. The van der Waals surface area contributed by atoms with Gasteiger partial charge in [0.25, 0.3) is 0 Å². The van der Waals surface area contributed by atoms with Crippen LogP contribution in [0.4, 0.5) is 5.82 Å². The Morgan fingerprint density at radius 3 is 3.06 bits per heavy atom. The number of methoxy groups -OCH3 is 1.